The van der Waals surface area contributed by atoms with E-state index < -0.39 is 5.97 Å². The Morgan fingerprint density at radius 3 is 2.37 bits per heavy atom. The van der Waals surface area contributed by atoms with Crippen molar-refractivity contribution in [3.8, 4) is 0 Å². The van der Waals surface area contributed by atoms with Crippen molar-refractivity contribution in [3.63, 3.8) is 0 Å². The van der Waals surface area contributed by atoms with Crippen LogP contribution < -0.4 is 10.4 Å². The summed E-state index contributed by atoms with van der Waals surface area (Å²) in [6.07, 6.45) is 7.62. The molecular formula is C15H22NO3-. The molecule has 4 heteroatoms. The number of carboxylic acid groups (broad SMARTS) is 1. The van der Waals surface area contributed by atoms with E-state index in [1.807, 2.05) is 0 Å². The van der Waals surface area contributed by atoms with Gasteiger partial charge in [-0.2, -0.15) is 0 Å². The van der Waals surface area contributed by atoms with Crippen LogP contribution in [-0.4, -0.2) is 17.4 Å². The van der Waals surface area contributed by atoms with Gasteiger partial charge in [-0.1, -0.05) is 0 Å². The van der Waals surface area contributed by atoms with Crippen LogP contribution in [0.25, 0.3) is 0 Å². The standard InChI is InChI=1S/C15H23NO3/c1-10(17)16-15-7-11-4-12(8-15)6-14(5-11,9-15)3-2-13(18)19/h11-12H,2-9H2,1H3,(H,16,17)(H,18,19)/p-1. The number of nitrogens with one attached hydrogen (secondary N) is 1. The minimum atomic E-state index is -0.940. The highest BCUT2D eigenvalue weighted by molar-refractivity contribution is 5.74. The van der Waals surface area contributed by atoms with Crippen LogP contribution in [0, 0.1) is 17.3 Å². The fraction of sp³-hybridized carbons (Fsp3) is 0.867. The van der Waals surface area contributed by atoms with Gasteiger partial charge in [0.15, 0.2) is 0 Å². The summed E-state index contributed by atoms with van der Waals surface area (Å²) in [4.78, 5) is 22.3. The lowest BCUT2D eigenvalue weighted by Crippen LogP contribution is -2.62. The maximum Gasteiger partial charge on any atom is 0.217 e. The Hall–Kier alpha value is -1.06. The van der Waals surface area contributed by atoms with Gasteiger partial charge in [-0.05, 0) is 68.6 Å². The van der Waals surface area contributed by atoms with Gasteiger partial charge in [0.2, 0.25) is 5.91 Å². The number of amides is 1. The second kappa shape index (κ2) is 4.22. The molecule has 0 heterocycles. The Balaban J connectivity index is 1.80. The summed E-state index contributed by atoms with van der Waals surface area (Å²) < 4.78 is 0. The first-order valence-corrected chi connectivity index (χ1v) is 7.39. The zero-order chi connectivity index (χ0) is 13.7. The average Bonchev–Trinajstić information content (AvgIpc) is 2.22. The van der Waals surface area contributed by atoms with E-state index in [9.17, 15) is 14.7 Å². The van der Waals surface area contributed by atoms with Crippen LogP contribution >= 0.6 is 0 Å². The van der Waals surface area contributed by atoms with Crippen molar-refractivity contribution in [1.82, 2.24) is 5.32 Å². The molecule has 4 saturated carbocycles. The molecule has 4 rings (SSSR count). The fourth-order valence-corrected chi connectivity index (χ4v) is 5.63. The monoisotopic (exact) mass is 264 g/mol. The maximum atomic E-state index is 11.5. The van der Waals surface area contributed by atoms with Crippen molar-refractivity contribution in [2.45, 2.75) is 63.8 Å². The zero-order valence-corrected chi connectivity index (χ0v) is 11.5. The van der Waals surface area contributed by atoms with E-state index in [1.165, 1.54) is 6.42 Å². The van der Waals surface area contributed by atoms with Gasteiger partial charge in [-0.15, -0.1) is 0 Å². The molecule has 1 amide bonds. The van der Waals surface area contributed by atoms with Gasteiger partial charge in [-0.25, -0.2) is 0 Å². The number of hydrogen-bond acceptors (Lipinski definition) is 3. The Kier molecular flexibility index (Phi) is 2.88. The fourth-order valence-electron chi connectivity index (χ4n) is 5.63. The first-order chi connectivity index (χ1) is 8.90. The minimum Gasteiger partial charge on any atom is -0.550 e. The van der Waals surface area contributed by atoms with Crippen LogP contribution in [0.2, 0.25) is 0 Å². The van der Waals surface area contributed by atoms with Crippen molar-refractivity contribution in [2.24, 2.45) is 17.3 Å². The van der Waals surface area contributed by atoms with Crippen LogP contribution in [-0.2, 0) is 9.59 Å². The molecule has 0 aromatic rings. The van der Waals surface area contributed by atoms with Crippen LogP contribution in [0.4, 0.5) is 0 Å². The van der Waals surface area contributed by atoms with E-state index in [0.29, 0.717) is 11.8 Å². The lowest BCUT2D eigenvalue weighted by molar-refractivity contribution is -0.306. The Labute approximate surface area is 113 Å². The predicted octanol–water partition coefficient (Wildman–Crippen LogP) is 0.992. The Bertz CT molecular complexity index is 404. The third-order valence-electron chi connectivity index (χ3n) is 5.48. The average molecular weight is 264 g/mol. The van der Waals surface area contributed by atoms with Crippen LogP contribution in [0.5, 0.6) is 0 Å². The van der Waals surface area contributed by atoms with Gasteiger partial charge in [0, 0.05) is 18.4 Å². The summed E-state index contributed by atoms with van der Waals surface area (Å²) in [5.74, 6) is 0.464. The minimum absolute atomic E-state index is 0.0398. The third kappa shape index (κ3) is 2.37. The van der Waals surface area contributed by atoms with E-state index in [4.69, 9.17) is 0 Å². The number of carbonyl (C=O) groups is 2. The second-order valence-corrected chi connectivity index (χ2v) is 7.29. The molecule has 0 aromatic carbocycles. The summed E-state index contributed by atoms with van der Waals surface area (Å²) in [7, 11) is 0. The quantitative estimate of drug-likeness (QED) is 0.823. The second-order valence-electron chi connectivity index (χ2n) is 7.29. The number of carbonyl (C=O) groups excluding carboxylic acids is 2. The number of rotatable bonds is 4. The maximum absolute atomic E-state index is 11.5. The van der Waals surface area contributed by atoms with Crippen LogP contribution in [0.15, 0.2) is 0 Å². The van der Waals surface area contributed by atoms with Gasteiger partial charge in [0.25, 0.3) is 0 Å². The first-order valence-electron chi connectivity index (χ1n) is 7.39. The molecular weight excluding hydrogens is 242 g/mol. The van der Waals surface area contributed by atoms with Crippen LogP contribution in [0.3, 0.4) is 0 Å². The van der Waals surface area contributed by atoms with Gasteiger partial charge in [-0.3, -0.25) is 4.79 Å². The molecule has 2 unspecified atom stereocenters. The van der Waals surface area contributed by atoms with E-state index in [1.54, 1.807) is 6.92 Å². The van der Waals surface area contributed by atoms with Crippen molar-refractivity contribution in [3.05, 3.63) is 0 Å². The summed E-state index contributed by atoms with van der Waals surface area (Å²) in [5.41, 5.74) is 0.106. The number of aliphatic carboxylic acids is 1. The zero-order valence-electron chi connectivity index (χ0n) is 11.5. The molecule has 1 N–H and O–H groups in total. The van der Waals surface area contributed by atoms with Crippen molar-refractivity contribution < 1.29 is 14.7 Å². The lowest BCUT2D eigenvalue weighted by Gasteiger charge is -2.62. The summed E-state index contributed by atoms with van der Waals surface area (Å²) in [5, 5.41) is 14.0. The highest BCUT2D eigenvalue weighted by Crippen LogP contribution is 2.63. The molecule has 4 nitrogen and oxygen atoms in total. The number of carboxylic acids is 1. The van der Waals surface area contributed by atoms with Crippen molar-refractivity contribution in [1.29, 1.82) is 0 Å². The van der Waals surface area contributed by atoms with Crippen molar-refractivity contribution in [2.75, 3.05) is 0 Å². The Morgan fingerprint density at radius 2 is 1.84 bits per heavy atom. The molecule has 4 aliphatic rings. The normalized spacial score (nSPS) is 43.2. The van der Waals surface area contributed by atoms with Gasteiger partial charge in [0.05, 0.1) is 0 Å². The molecule has 0 saturated heterocycles. The van der Waals surface area contributed by atoms with Gasteiger partial charge >= 0.3 is 0 Å². The lowest BCUT2D eigenvalue weighted by atomic mass is 9.46. The molecule has 0 aliphatic heterocycles. The summed E-state index contributed by atoms with van der Waals surface area (Å²) in [6.45, 7) is 1.59. The number of hydrogen-bond donors (Lipinski definition) is 1. The molecule has 0 spiro atoms. The molecule has 0 radical (unpaired) electrons. The molecule has 2 atom stereocenters. The van der Waals surface area contributed by atoms with E-state index in [2.05, 4.69) is 5.32 Å². The van der Waals surface area contributed by atoms with Gasteiger partial charge < -0.3 is 15.2 Å². The van der Waals surface area contributed by atoms with E-state index >= 15 is 0 Å². The molecule has 0 aromatic heterocycles. The van der Waals surface area contributed by atoms with Gasteiger partial charge in [0.1, 0.15) is 0 Å². The third-order valence-corrected chi connectivity index (χ3v) is 5.48. The highest BCUT2D eigenvalue weighted by atomic mass is 16.4. The topological polar surface area (TPSA) is 69.2 Å². The SMILES string of the molecule is CC(=O)NC12CC3CC(CC(CCC(=O)[O-])(C3)C1)C2. The predicted molar refractivity (Wildman–Crippen MR) is 67.9 cm³/mol. The first kappa shape index (κ1) is 12.9. The van der Waals surface area contributed by atoms with E-state index in [0.717, 1.165) is 38.5 Å². The largest absolute Gasteiger partial charge is 0.550 e. The van der Waals surface area contributed by atoms with E-state index in [-0.39, 0.29) is 23.3 Å². The van der Waals surface area contributed by atoms with Crippen LogP contribution in [0.1, 0.15) is 58.3 Å². The summed E-state index contributed by atoms with van der Waals surface area (Å²) in [6, 6.07) is 0. The molecule has 4 fully saturated rings. The molecule has 4 bridgehead atoms. The summed E-state index contributed by atoms with van der Waals surface area (Å²) >= 11 is 0. The smallest absolute Gasteiger partial charge is 0.217 e. The van der Waals surface area contributed by atoms with Crippen molar-refractivity contribution >= 4 is 11.9 Å². The highest BCUT2D eigenvalue weighted by Gasteiger charge is 2.57. The molecule has 19 heavy (non-hydrogen) atoms. The Morgan fingerprint density at radius 1 is 1.21 bits per heavy atom. The molecule has 4 aliphatic carbocycles. The molecule has 106 valence electrons.